The van der Waals surface area contributed by atoms with Gasteiger partial charge in [-0.1, -0.05) is 30.8 Å². The molecule has 0 aromatic heterocycles. The molecule has 1 heterocycles. The van der Waals surface area contributed by atoms with Crippen molar-refractivity contribution in [3.05, 3.63) is 0 Å². The topological polar surface area (TPSA) is 64.9 Å². The summed E-state index contributed by atoms with van der Waals surface area (Å²) in [5.74, 6) is 0.149. The zero-order valence-electron chi connectivity index (χ0n) is 11.6. The van der Waals surface area contributed by atoms with Crippen molar-refractivity contribution in [2.45, 2.75) is 57.4 Å². The maximum absolute atomic E-state index is 12.0. The third-order valence-corrected chi connectivity index (χ3v) is 4.16. The van der Waals surface area contributed by atoms with Gasteiger partial charge in [-0.15, -0.1) is 0 Å². The first kappa shape index (κ1) is 14.3. The molecule has 2 fully saturated rings. The van der Waals surface area contributed by atoms with E-state index in [1.54, 1.807) is 0 Å². The first-order valence-corrected chi connectivity index (χ1v) is 7.49. The summed E-state index contributed by atoms with van der Waals surface area (Å²) in [5, 5.41) is 15.1. The van der Waals surface area contributed by atoms with E-state index in [1.807, 2.05) is 0 Å². The summed E-state index contributed by atoms with van der Waals surface area (Å²) in [5.41, 5.74) is 0.848. The number of rotatable bonds is 3. The van der Waals surface area contributed by atoms with Gasteiger partial charge in [0.2, 0.25) is 5.91 Å². The molecule has 2 rings (SSSR count). The molecule has 108 valence electrons. The Morgan fingerprint density at radius 2 is 1.84 bits per heavy atom. The average Bonchev–Trinajstić information content (AvgIpc) is 2.68. The molecular weight excluding hydrogens is 242 g/mol. The molecule has 0 bridgehead atoms. The predicted molar refractivity (Wildman–Crippen MR) is 74.5 cm³/mol. The fourth-order valence-electron chi connectivity index (χ4n) is 2.97. The van der Waals surface area contributed by atoms with Gasteiger partial charge in [0.1, 0.15) is 0 Å². The van der Waals surface area contributed by atoms with Crippen LogP contribution < -0.4 is 5.32 Å². The van der Waals surface area contributed by atoms with E-state index in [1.165, 1.54) is 25.7 Å². The number of amides is 1. The first-order valence-electron chi connectivity index (χ1n) is 7.49. The lowest BCUT2D eigenvalue weighted by atomic mass is 10.1. The average molecular weight is 267 g/mol. The standard InChI is InChI=1S/C14H25N3O2/c18-14(15-12-5-3-1-2-4-6-12)11-17-9-7-13(16-19)8-10-17/h12,19H,1-11H2,(H,15,18). The summed E-state index contributed by atoms with van der Waals surface area (Å²) in [6, 6.07) is 0.384. The monoisotopic (exact) mass is 267 g/mol. The molecule has 0 radical (unpaired) electrons. The lowest BCUT2D eigenvalue weighted by molar-refractivity contribution is -0.123. The Morgan fingerprint density at radius 3 is 2.42 bits per heavy atom. The van der Waals surface area contributed by atoms with Crippen LogP contribution in [0, 0.1) is 0 Å². The summed E-state index contributed by atoms with van der Waals surface area (Å²) in [6.07, 6.45) is 8.90. The minimum atomic E-state index is 0.149. The van der Waals surface area contributed by atoms with Crippen LogP contribution in [0.5, 0.6) is 0 Å². The molecule has 2 aliphatic rings. The number of piperidine rings is 1. The van der Waals surface area contributed by atoms with Crippen LogP contribution in [0.15, 0.2) is 5.16 Å². The molecule has 0 aromatic rings. The molecule has 5 nitrogen and oxygen atoms in total. The van der Waals surface area contributed by atoms with E-state index in [9.17, 15) is 4.79 Å². The molecule has 0 atom stereocenters. The van der Waals surface area contributed by atoms with Gasteiger partial charge in [0.15, 0.2) is 0 Å². The van der Waals surface area contributed by atoms with Crippen LogP contribution >= 0.6 is 0 Å². The van der Waals surface area contributed by atoms with Crippen LogP contribution in [0.4, 0.5) is 0 Å². The predicted octanol–water partition coefficient (Wildman–Crippen LogP) is 1.75. The summed E-state index contributed by atoms with van der Waals surface area (Å²) in [6.45, 7) is 2.12. The van der Waals surface area contributed by atoms with Crippen molar-refractivity contribution in [3.8, 4) is 0 Å². The van der Waals surface area contributed by atoms with Gasteiger partial charge in [-0.2, -0.15) is 0 Å². The van der Waals surface area contributed by atoms with E-state index < -0.39 is 0 Å². The van der Waals surface area contributed by atoms with Crippen molar-refractivity contribution in [3.63, 3.8) is 0 Å². The number of oxime groups is 1. The van der Waals surface area contributed by atoms with Gasteiger partial charge in [-0.05, 0) is 12.8 Å². The van der Waals surface area contributed by atoms with E-state index in [0.717, 1.165) is 44.5 Å². The van der Waals surface area contributed by atoms with Crippen molar-refractivity contribution in [2.75, 3.05) is 19.6 Å². The molecule has 1 aliphatic heterocycles. The van der Waals surface area contributed by atoms with Crippen LogP contribution in [-0.4, -0.2) is 47.4 Å². The Bertz CT molecular complexity index is 313. The second-order valence-corrected chi connectivity index (χ2v) is 5.70. The number of hydrogen-bond donors (Lipinski definition) is 2. The van der Waals surface area contributed by atoms with E-state index in [4.69, 9.17) is 5.21 Å². The fraction of sp³-hybridized carbons (Fsp3) is 0.857. The molecule has 1 aliphatic carbocycles. The van der Waals surface area contributed by atoms with Crippen molar-refractivity contribution < 1.29 is 10.0 Å². The summed E-state index contributed by atoms with van der Waals surface area (Å²) in [7, 11) is 0. The molecule has 5 heteroatoms. The molecule has 2 N–H and O–H groups in total. The normalized spacial score (nSPS) is 22.8. The van der Waals surface area contributed by atoms with Crippen molar-refractivity contribution >= 4 is 11.6 Å². The minimum Gasteiger partial charge on any atom is -0.411 e. The minimum absolute atomic E-state index is 0.149. The number of carbonyl (C=O) groups is 1. The molecule has 1 amide bonds. The van der Waals surface area contributed by atoms with Gasteiger partial charge in [-0.3, -0.25) is 9.69 Å². The number of nitrogens with zero attached hydrogens (tertiary/aromatic N) is 2. The summed E-state index contributed by atoms with van der Waals surface area (Å²) in [4.78, 5) is 14.1. The Morgan fingerprint density at radius 1 is 1.21 bits per heavy atom. The fourth-order valence-corrected chi connectivity index (χ4v) is 2.97. The third kappa shape index (κ3) is 4.82. The second kappa shape index (κ2) is 7.48. The van der Waals surface area contributed by atoms with Gasteiger partial charge >= 0.3 is 0 Å². The Hall–Kier alpha value is -1.10. The van der Waals surface area contributed by atoms with E-state index in [-0.39, 0.29) is 5.91 Å². The van der Waals surface area contributed by atoms with Gasteiger partial charge in [0, 0.05) is 32.0 Å². The Balaban J connectivity index is 1.69. The van der Waals surface area contributed by atoms with Crippen molar-refractivity contribution in [2.24, 2.45) is 5.16 Å². The molecule has 19 heavy (non-hydrogen) atoms. The maximum atomic E-state index is 12.0. The SMILES string of the molecule is O=C(CN1CCC(=NO)CC1)NC1CCCCCC1. The molecule has 0 unspecified atom stereocenters. The Kier molecular flexibility index (Phi) is 5.63. The second-order valence-electron chi connectivity index (χ2n) is 5.70. The number of carbonyl (C=O) groups excluding carboxylic acids is 1. The van der Waals surface area contributed by atoms with Gasteiger partial charge in [0.05, 0.1) is 12.3 Å². The van der Waals surface area contributed by atoms with Crippen LogP contribution in [0.1, 0.15) is 51.4 Å². The molecule has 0 aromatic carbocycles. The number of hydrogen-bond acceptors (Lipinski definition) is 4. The van der Waals surface area contributed by atoms with E-state index >= 15 is 0 Å². The Labute approximate surface area is 115 Å². The van der Waals surface area contributed by atoms with Crippen molar-refractivity contribution in [1.29, 1.82) is 0 Å². The summed E-state index contributed by atoms with van der Waals surface area (Å²) < 4.78 is 0. The highest BCUT2D eigenvalue weighted by Gasteiger charge is 2.20. The van der Waals surface area contributed by atoms with Gasteiger partial charge < -0.3 is 10.5 Å². The third-order valence-electron chi connectivity index (χ3n) is 4.16. The number of nitrogens with one attached hydrogen (secondary N) is 1. The zero-order valence-corrected chi connectivity index (χ0v) is 11.6. The first-order chi connectivity index (χ1) is 9.28. The highest BCUT2D eigenvalue weighted by atomic mass is 16.4. The lowest BCUT2D eigenvalue weighted by Crippen LogP contribution is -2.44. The molecule has 0 spiro atoms. The van der Waals surface area contributed by atoms with Crippen LogP contribution in [0.3, 0.4) is 0 Å². The van der Waals surface area contributed by atoms with Crippen LogP contribution in [-0.2, 0) is 4.79 Å². The molecule has 1 saturated carbocycles. The van der Waals surface area contributed by atoms with Gasteiger partial charge in [0.25, 0.3) is 0 Å². The van der Waals surface area contributed by atoms with E-state index in [2.05, 4.69) is 15.4 Å². The van der Waals surface area contributed by atoms with Crippen LogP contribution in [0.2, 0.25) is 0 Å². The molecular formula is C14H25N3O2. The highest BCUT2D eigenvalue weighted by Crippen LogP contribution is 2.17. The van der Waals surface area contributed by atoms with E-state index in [0.29, 0.717) is 12.6 Å². The summed E-state index contributed by atoms with van der Waals surface area (Å²) >= 11 is 0. The molecule has 1 saturated heterocycles. The lowest BCUT2D eigenvalue weighted by Gasteiger charge is -2.27. The smallest absolute Gasteiger partial charge is 0.234 e. The maximum Gasteiger partial charge on any atom is 0.234 e. The quantitative estimate of drug-likeness (QED) is 0.465. The van der Waals surface area contributed by atoms with Gasteiger partial charge in [-0.25, -0.2) is 0 Å². The number of likely N-dealkylation sites (tertiary alicyclic amines) is 1. The largest absolute Gasteiger partial charge is 0.411 e. The highest BCUT2D eigenvalue weighted by molar-refractivity contribution is 5.85. The van der Waals surface area contributed by atoms with Crippen LogP contribution in [0.25, 0.3) is 0 Å². The zero-order chi connectivity index (χ0) is 13.5. The van der Waals surface area contributed by atoms with Crippen molar-refractivity contribution in [1.82, 2.24) is 10.2 Å².